The Labute approximate surface area is 132 Å². The van der Waals surface area contributed by atoms with Gasteiger partial charge in [0.15, 0.2) is 0 Å². The van der Waals surface area contributed by atoms with Crippen molar-refractivity contribution in [3.8, 4) is 6.07 Å². The number of hydrogen-bond acceptors (Lipinski definition) is 3. The summed E-state index contributed by atoms with van der Waals surface area (Å²) in [5, 5.41) is 9.26. The van der Waals surface area contributed by atoms with E-state index in [0.717, 1.165) is 36.2 Å². The molecule has 2 aromatic carbocycles. The smallest absolute Gasteiger partial charge is 0.209 e. The number of fused-ring (bicyclic) bond motifs is 1. The van der Waals surface area contributed by atoms with Crippen LogP contribution in [0.15, 0.2) is 48.5 Å². The fraction of sp³-hybridized carbons (Fsp3) is 0.263. The third-order valence-corrected chi connectivity index (χ3v) is 3.91. The molecule has 22 heavy (non-hydrogen) atoms. The molecular weight excluding hydrogens is 270 g/mol. The Kier molecular flexibility index (Phi) is 4.29. The van der Waals surface area contributed by atoms with Gasteiger partial charge in [-0.25, -0.2) is 0 Å². The summed E-state index contributed by atoms with van der Waals surface area (Å²) in [7, 11) is 0. The molecule has 2 aromatic rings. The maximum atomic E-state index is 9.26. The number of nitrogens with zero attached hydrogens (tertiary/aromatic N) is 3. The zero-order valence-corrected chi connectivity index (χ0v) is 12.8. The summed E-state index contributed by atoms with van der Waals surface area (Å²) in [6.45, 7) is 7.29. The van der Waals surface area contributed by atoms with E-state index in [-0.39, 0.29) is 0 Å². The van der Waals surface area contributed by atoms with Crippen LogP contribution in [0.1, 0.15) is 30.9 Å². The Bertz CT molecular complexity index is 687. The molecule has 0 N–H and O–H groups in total. The molecule has 0 saturated heterocycles. The van der Waals surface area contributed by atoms with Gasteiger partial charge in [0, 0.05) is 13.1 Å². The summed E-state index contributed by atoms with van der Waals surface area (Å²) in [6, 6.07) is 18.4. The Morgan fingerprint density at radius 3 is 2.41 bits per heavy atom. The summed E-state index contributed by atoms with van der Waals surface area (Å²) < 4.78 is 0. The molecule has 0 saturated carbocycles. The molecule has 1 aliphatic rings. The van der Waals surface area contributed by atoms with Crippen LogP contribution in [-0.4, -0.2) is 6.54 Å². The minimum atomic E-state index is 0.670. The van der Waals surface area contributed by atoms with Crippen molar-refractivity contribution < 1.29 is 0 Å². The number of para-hydroxylation sites is 2. The minimum Gasteiger partial charge on any atom is -0.340 e. The lowest BCUT2D eigenvalue weighted by molar-refractivity contribution is 0.755. The topological polar surface area (TPSA) is 30.3 Å². The van der Waals surface area contributed by atoms with Crippen molar-refractivity contribution in [3.05, 3.63) is 66.3 Å². The maximum Gasteiger partial charge on any atom is 0.209 e. The molecule has 0 unspecified atom stereocenters. The number of unbranched alkanes of at least 4 members (excludes halogenated alkanes) is 1. The highest BCUT2D eigenvalue weighted by atomic mass is 15.4. The zero-order valence-electron chi connectivity index (χ0n) is 12.8. The Morgan fingerprint density at radius 1 is 1.00 bits per heavy atom. The van der Waals surface area contributed by atoms with Crippen LogP contribution < -0.4 is 9.80 Å². The van der Waals surface area contributed by atoms with E-state index in [1.165, 1.54) is 5.69 Å². The van der Waals surface area contributed by atoms with Crippen molar-refractivity contribution in [2.45, 2.75) is 26.3 Å². The number of nitriles is 1. The van der Waals surface area contributed by atoms with Gasteiger partial charge in [-0.15, -0.1) is 0 Å². The predicted molar refractivity (Wildman–Crippen MR) is 89.3 cm³/mol. The number of hydrogen-bond donors (Lipinski definition) is 0. The van der Waals surface area contributed by atoms with Crippen molar-refractivity contribution in [3.63, 3.8) is 0 Å². The van der Waals surface area contributed by atoms with Crippen LogP contribution in [0.3, 0.4) is 0 Å². The van der Waals surface area contributed by atoms with Crippen LogP contribution in [0.25, 0.3) is 0 Å². The van der Waals surface area contributed by atoms with Crippen LogP contribution in [0, 0.1) is 18.0 Å². The molecule has 2 radical (unpaired) electrons. The van der Waals surface area contributed by atoms with Gasteiger partial charge in [0.05, 0.1) is 23.0 Å². The Morgan fingerprint density at radius 2 is 1.68 bits per heavy atom. The van der Waals surface area contributed by atoms with E-state index in [4.69, 9.17) is 0 Å². The first kappa shape index (κ1) is 14.5. The Hall–Kier alpha value is -2.47. The van der Waals surface area contributed by atoms with E-state index in [9.17, 15) is 5.26 Å². The third kappa shape index (κ3) is 2.78. The lowest BCUT2D eigenvalue weighted by atomic mass is 10.1. The SMILES string of the molecule is CCCCN1[C]N(Cc2ccccc2C#N)c2ccccc21. The van der Waals surface area contributed by atoms with Crippen molar-refractivity contribution in [1.29, 1.82) is 5.26 Å². The molecular formula is C19H19N3. The molecule has 0 aliphatic carbocycles. The molecule has 3 heteroatoms. The van der Waals surface area contributed by atoms with Crippen LogP contribution in [-0.2, 0) is 6.54 Å². The monoisotopic (exact) mass is 289 g/mol. The van der Waals surface area contributed by atoms with Gasteiger partial charge < -0.3 is 9.80 Å². The van der Waals surface area contributed by atoms with E-state index < -0.39 is 0 Å². The highest BCUT2D eigenvalue weighted by Gasteiger charge is 2.27. The van der Waals surface area contributed by atoms with Gasteiger partial charge in [0.25, 0.3) is 0 Å². The lowest BCUT2D eigenvalue weighted by Crippen LogP contribution is -2.25. The van der Waals surface area contributed by atoms with Crippen molar-refractivity contribution in [2.75, 3.05) is 16.3 Å². The van der Waals surface area contributed by atoms with Gasteiger partial charge in [-0.05, 0) is 30.2 Å². The summed E-state index contributed by atoms with van der Waals surface area (Å²) >= 11 is 0. The first-order valence-corrected chi connectivity index (χ1v) is 7.72. The second kappa shape index (κ2) is 6.53. The first-order valence-electron chi connectivity index (χ1n) is 7.72. The van der Waals surface area contributed by atoms with Crippen molar-refractivity contribution >= 4 is 11.4 Å². The molecule has 0 fully saturated rings. The largest absolute Gasteiger partial charge is 0.340 e. The molecule has 3 nitrogen and oxygen atoms in total. The standard InChI is InChI=1S/C19H19N3/c1-2-3-12-21-15-22(19-11-7-6-10-18(19)21)14-17-9-5-4-8-16(17)13-20/h4-11H,2-3,12,14H2,1H3. The maximum absolute atomic E-state index is 9.26. The van der Waals surface area contributed by atoms with Gasteiger partial charge in [-0.1, -0.05) is 43.7 Å². The summed E-state index contributed by atoms with van der Waals surface area (Å²) in [5.74, 6) is 0. The Balaban J connectivity index is 1.85. The molecule has 0 amide bonds. The quantitative estimate of drug-likeness (QED) is 0.827. The van der Waals surface area contributed by atoms with Crippen LogP contribution in [0.4, 0.5) is 11.4 Å². The lowest BCUT2D eigenvalue weighted by Gasteiger charge is -2.19. The van der Waals surface area contributed by atoms with E-state index >= 15 is 0 Å². The number of benzene rings is 2. The van der Waals surface area contributed by atoms with Crippen molar-refractivity contribution in [1.82, 2.24) is 0 Å². The van der Waals surface area contributed by atoms with Gasteiger partial charge in [-0.3, -0.25) is 0 Å². The molecule has 0 aromatic heterocycles. The van der Waals surface area contributed by atoms with Crippen LogP contribution in [0.2, 0.25) is 0 Å². The van der Waals surface area contributed by atoms with E-state index in [1.54, 1.807) is 0 Å². The van der Waals surface area contributed by atoms with E-state index in [2.05, 4.69) is 47.7 Å². The predicted octanol–water partition coefficient (Wildman–Crippen LogP) is 4.18. The van der Waals surface area contributed by atoms with Gasteiger partial charge in [-0.2, -0.15) is 5.26 Å². The summed E-state index contributed by atoms with van der Waals surface area (Å²) in [4.78, 5) is 4.30. The number of anilines is 2. The average Bonchev–Trinajstić information content (AvgIpc) is 2.91. The fourth-order valence-electron chi connectivity index (χ4n) is 2.72. The van der Waals surface area contributed by atoms with Gasteiger partial charge in [0.1, 0.15) is 0 Å². The molecule has 1 aliphatic heterocycles. The van der Waals surface area contributed by atoms with Crippen molar-refractivity contribution in [2.24, 2.45) is 0 Å². The van der Waals surface area contributed by atoms with Gasteiger partial charge >= 0.3 is 0 Å². The molecule has 110 valence electrons. The third-order valence-electron chi connectivity index (χ3n) is 3.91. The fourth-order valence-corrected chi connectivity index (χ4v) is 2.72. The summed E-state index contributed by atoms with van der Waals surface area (Å²) in [6.07, 6.45) is 2.31. The molecule has 0 bridgehead atoms. The van der Waals surface area contributed by atoms with Gasteiger partial charge in [0.2, 0.25) is 6.67 Å². The van der Waals surface area contributed by atoms with Crippen LogP contribution in [0.5, 0.6) is 0 Å². The van der Waals surface area contributed by atoms with E-state index in [0.29, 0.717) is 6.54 Å². The minimum absolute atomic E-state index is 0.670. The second-order valence-corrected chi connectivity index (χ2v) is 5.45. The highest BCUT2D eigenvalue weighted by molar-refractivity contribution is 5.78. The normalized spacial score (nSPS) is 13.1. The molecule has 0 atom stereocenters. The molecule has 1 heterocycles. The van der Waals surface area contributed by atoms with Crippen LogP contribution >= 0.6 is 0 Å². The zero-order chi connectivity index (χ0) is 15.4. The number of rotatable bonds is 5. The molecule has 3 rings (SSSR count). The molecule has 0 spiro atoms. The van der Waals surface area contributed by atoms with E-state index in [1.807, 2.05) is 30.3 Å². The summed E-state index contributed by atoms with van der Waals surface area (Å²) in [5.41, 5.74) is 4.12. The first-order chi connectivity index (χ1) is 10.8. The average molecular weight is 289 g/mol. The second-order valence-electron chi connectivity index (χ2n) is 5.45. The highest BCUT2D eigenvalue weighted by Crippen LogP contribution is 2.38.